The molecule has 2 atom stereocenters. The number of nitrogens with one attached hydrogen (secondary N) is 1. The SMILES string of the molecule is CCOC(=O)[C@H](NS(=O)C(C)(C)C)c1ccc2ccccc2c1. The van der Waals surface area contributed by atoms with Crippen LogP contribution in [-0.2, 0) is 20.5 Å². The maximum absolute atomic E-state index is 12.4. The minimum atomic E-state index is -1.38. The molecule has 124 valence electrons. The average Bonchev–Trinajstić information content (AvgIpc) is 2.51. The summed E-state index contributed by atoms with van der Waals surface area (Å²) in [4.78, 5) is 12.3. The summed E-state index contributed by atoms with van der Waals surface area (Å²) < 4.78 is 20.0. The third-order valence-corrected chi connectivity index (χ3v) is 4.97. The van der Waals surface area contributed by atoms with Crippen LogP contribution in [0.25, 0.3) is 10.8 Å². The van der Waals surface area contributed by atoms with Crippen LogP contribution < -0.4 is 4.72 Å². The van der Waals surface area contributed by atoms with Crippen LogP contribution in [0.4, 0.5) is 0 Å². The van der Waals surface area contributed by atoms with E-state index < -0.39 is 27.7 Å². The van der Waals surface area contributed by atoms with Gasteiger partial charge in [-0.05, 0) is 50.1 Å². The van der Waals surface area contributed by atoms with Crippen molar-refractivity contribution in [2.24, 2.45) is 0 Å². The Morgan fingerprint density at radius 2 is 1.83 bits per heavy atom. The number of benzene rings is 2. The van der Waals surface area contributed by atoms with Crippen molar-refractivity contribution in [3.05, 3.63) is 48.0 Å². The number of carbonyl (C=O) groups excluding carboxylic acids is 1. The molecule has 1 N–H and O–H groups in total. The fraction of sp³-hybridized carbons (Fsp3) is 0.389. The predicted octanol–water partition coefficient (Wildman–Crippen LogP) is 3.50. The molecule has 5 heteroatoms. The Balaban J connectivity index is 2.38. The number of carbonyl (C=O) groups is 1. The molecule has 2 rings (SSSR count). The zero-order valence-corrected chi connectivity index (χ0v) is 14.8. The third-order valence-electron chi connectivity index (χ3n) is 3.41. The van der Waals surface area contributed by atoms with Crippen LogP contribution in [0.5, 0.6) is 0 Å². The summed E-state index contributed by atoms with van der Waals surface area (Å²) in [5.74, 6) is -0.416. The summed E-state index contributed by atoms with van der Waals surface area (Å²) in [6.07, 6.45) is 0. The second-order valence-corrected chi connectivity index (χ2v) is 8.29. The van der Waals surface area contributed by atoms with Crippen LogP contribution in [0, 0.1) is 0 Å². The first-order valence-electron chi connectivity index (χ1n) is 7.66. The molecule has 0 aromatic heterocycles. The first-order chi connectivity index (χ1) is 10.8. The average molecular weight is 333 g/mol. The Labute approximate surface area is 139 Å². The van der Waals surface area contributed by atoms with Gasteiger partial charge in [-0.3, -0.25) is 0 Å². The molecule has 1 unspecified atom stereocenters. The highest BCUT2D eigenvalue weighted by molar-refractivity contribution is 7.84. The van der Waals surface area contributed by atoms with E-state index >= 15 is 0 Å². The van der Waals surface area contributed by atoms with Gasteiger partial charge in [-0.1, -0.05) is 36.4 Å². The summed E-state index contributed by atoms with van der Waals surface area (Å²) in [5, 5.41) is 2.12. The molecule has 0 heterocycles. The maximum atomic E-state index is 12.4. The van der Waals surface area contributed by atoms with Crippen molar-refractivity contribution in [3.63, 3.8) is 0 Å². The largest absolute Gasteiger partial charge is 0.465 e. The minimum Gasteiger partial charge on any atom is -0.465 e. The summed E-state index contributed by atoms with van der Waals surface area (Å²) in [7, 11) is -1.38. The highest BCUT2D eigenvalue weighted by Gasteiger charge is 2.29. The highest BCUT2D eigenvalue weighted by atomic mass is 32.2. The van der Waals surface area contributed by atoms with Crippen molar-refractivity contribution in [2.45, 2.75) is 38.5 Å². The van der Waals surface area contributed by atoms with Crippen LogP contribution >= 0.6 is 0 Å². The van der Waals surface area contributed by atoms with Gasteiger partial charge in [-0.25, -0.2) is 13.7 Å². The van der Waals surface area contributed by atoms with Crippen LogP contribution in [0.15, 0.2) is 42.5 Å². The van der Waals surface area contributed by atoms with E-state index in [9.17, 15) is 9.00 Å². The molecule has 0 saturated heterocycles. The van der Waals surface area contributed by atoms with Gasteiger partial charge >= 0.3 is 5.97 Å². The van der Waals surface area contributed by atoms with Gasteiger partial charge in [-0.15, -0.1) is 0 Å². The van der Waals surface area contributed by atoms with Crippen molar-refractivity contribution in [1.82, 2.24) is 4.72 Å². The normalized spacial score (nSPS) is 14.4. The maximum Gasteiger partial charge on any atom is 0.328 e. The summed E-state index contributed by atoms with van der Waals surface area (Å²) >= 11 is 0. The van der Waals surface area contributed by atoms with Crippen LogP contribution in [0.2, 0.25) is 0 Å². The van der Waals surface area contributed by atoms with Crippen molar-refractivity contribution in [2.75, 3.05) is 6.61 Å². The van der Waals surface area contributed by atoms with E-state index in [1.807, 2.05) is 63.2 Å². The Morgan fingerprint density at radius 3 is 2.43 bits per heavy atom. The van der Waals surface area contributed by atoms with Gasteiger partial charge < -0.3 is 4.74 Å². The standard InChI is InChI=1S/C18H23NO3S/c1-5-22-17(20)16(19-23(21)18(2,3)4)15-11-10-13-8-6-7-9-14(13)12-15/h6-12,16,19H,5H2,1-4H3/t16-,23?/m1/s1. The third kappa shape index (κ3) is 4.39. The fourth-order valence-electron chi connectivity index (χ4n) is 2.15. The zero-order valence-electron chi connectivity index (χ0n) is 14.0. The lowest BCUT2D eigenvalue weighted by atomic mass is 10.0. The second kappa shape index (κ2) is 7.23. The molecule has 0 bridgehead atoms. The second-order valence-electron chi connectivity index (χ2n) is 6.29. The topological polar surface area (TPSA) is 55.4 Å². The van der Waals surface area contributed by atoms with Gasteiger partial charge in [0.25, 0.3) is 0 Å². The van der Waals surface area contributed by atoms with Gasteiger partial charge in [0.15, 0.2) is 0 Å². The Kier molecular flexibility index (Phi) is 5.55. The van der Waals surface area contributed by atoms with E-state index in [-0.39, 0.29) is 6.61 Å². The predicted molar refractivity (Wildman–Crippen MR) is 94.4 cm³/mol. The molecule has 2 aromatic rings. The lowest BCUT2D eigenvalue weighted by Gasteiger charge is -2.23. The highest BCUT2D eigenvalue weighted by Crippen LogP contribution is 2.23. The van der Waals surface area contributed by atoms with E-state index in [4.69, 9.17) is 4.74 Å². The number of hydrogen-bond acceptors (Lipinski definition) is 3. The van der Waals surface area contributed by atoms with E-state index in [0.717, 1.165) is 16.3 Å². The van der Waals surface area contributed by atoms with E-state index in [1.54, 1.807) is 6.92 Å². The number of hydrogen-bond donors (Lipinski definition) is 1. The fourth-order valence-corrected chi connectivity index (χ4v) is 2.95. The van der Waals surface area contributed by atoms with Crippen molar-refractivity contribution in [3.8, 4) is 0 Å². The molecule has 4 nitrogen and oxygen atoms in total. The zero-order chi connectivity index (χ0) is 17.0. The van der Waals surface area contributed by atoms with Crippen LogP contribution in [0.3, 0.4) is 0 Å². The number of fused-ring (bicyclic) bond motifs is 1. The van der Waals surface area contributed by atoms with Gasteiger partial charge in [0.1, 0.15) is 6.04 Å². The first kappa shape index (κ1) is 17.6. The molecule has 0 saturated carbocycles. The number of esters is 1. The summed E-state index contributed by atoms with van der Waals surface area (Å²) in [5.41, 5.74) is 0.750. The Bertz CT molecular complexity index is 722. The van der Waals surface area contributed by atoms with Gasteiger partial charge in [0.05, 0.1) is 22.3 Å². The molecule has 0 amide bonds. The molecule has 23 heavy (non-hydrogen) atoms. The lowest BCUT2D eigenvalue weighted by Crippen LogP contribution is -2.39. The van der Waals surface area contributed by atoms with Crippen LogP contribution in [-0.4, -0.2) is 21.5 Å². The van der Waals surface area contributed by atoms with E-state index in [2.05, 4.69) is 4.72 Å². The van der Waals surface area contributed by atoms with E-state index in [1.165, 1.54) is 0 Å². The van der Waals surface area contributed by atoms with Crippen molar-refractivity contribution >= 4 is 27.7 Å². The molecule has 0 aliphatic rings. The van der Waals surface area contributed by atoms with Gasteiger partial charge in [0, 0.05) is 0 Å². The minimum absolute atomic E-state index is 0.284. The van der Waals surface area contributed by atoms with Crippen molar-refractivity contribution in [1.29, 1.82) is 0 Å². The smallest absolute Gasteiger partial charge is 0.328 e. The summed E-state index contributed by atoms with van der Waals surface area (Å²) in [6.45, 7) is 7.62. The Morgan fingerprint density at radius 1 is 1.17 bits per heavy atom. The molecular weight excluding hydrogens is 310 g/mol. The molecule has 0 aliphatic heterocycles. The molecule has 0 radical (unpaired) electrons. The van der Waals surface area contributed by atoms with E-state index in [0.29, 0.717) is 0 Å². The summed E-state index contributed by atoms with van der Waals surface area (Å²) in [6, 6.07) is 12.9. The quantitative estimate of drug-likeness (QED) is 0.852. The number of rotatable bonds is 5. The monoisotopic (exact) mass is 333 g/mol. The van der Waals surface area contributed by atoms with Gasteiger partial charge in [0.2, 0.25) is 0 Å². The van der Waals surface area contributed by atoms with Gasteiger partial charge in [-0.2, -0.15) is 0 Å². The molecule has 0 spiro atoms. The first-order valence-corrected chi connectivity index (χ1v) is 8.81. The Hall–Kier alpha value is -1.72. The molecule has 2 aromatic carbocycles. The molecule has 0 aliphatic carbocycles. The molecular formula is C18H23NO3S. The molecule has 0 fully saturated rings. The van der Waals surface area contributed by atoms with Crippen molar-refractivity contribution < 1.29 is 13.7 Å². The van der Waals surface area contributed by atoms with Crippen LogP contribution in [0.1, 0.15) is 39.3 Å². The number of ether oxygens (including phenoxy) is 1. The lowest BCUT2D eigenvalue weighted by molar-refractivity contribution is -0.145.